The third kappa shape index (κ3) is 2.97. The van der Waals surface area contributed by atoms with E-state index in [9.17, 15) is 4.79 Å². The number of hydrogen-bond donors (Lipinski definition) is 0. The smallest absolute Gasteiger partial charge is 0.268 e. The molecule has 22 heavy (non-hydrogen) atoms. The third-order valence-corrected chi connectivity index (χ3v) is 6.21. The lowest BCUT2D eigenvalue weighted by Gasteiger charge is -2.15. The Morgan fingerprint density at radius 1 is 1.41 bits per heavy atom. The first kappa shape index (κ1) is 15.7. The van der Waals surface area contributed by atoms with E-state index < -0.39 is 0 Å². The maximum atomic E-state index is 13.0. The maximum absolute atomic E-state index is 13.0. The van der Waals surface area contributed by atoms with E-state index in [0.717, 1.165) is 34.3 Å². The van der Waals surface area contributed by atoms with Crippen LogP contribution >= 0.6 is 23.5 Å². The minimum Gasteiger partial charge on any atom is -0.268 e. The molecule has 0 N–H and O–H groups in total. The van der Waals surface area contributed by atoms with Crippen molar-refractivity contribution in [3.05, 3.63) is 46.4 Å². The molecule has 0 fully saturated rings. The summed E-state index contributed by atoms with van der Waals surface area (Å²) < 4.78 is 1.78. The fraction of sp³-hybridized carbons (Fsp3) is 0.412. The Hall–Kier alpha value is -1.20. The Morgan fingerprint density at radius 2 is 2.14 bits per heavy atom. The zero-order chi connectivity index (χ0) is 15.7. The second-order valence-electron chi connectivity index (χ2n) is 5.62. The van der Waals surface area contributed by atoms with Crippen molar-refractivity contribution in [3.63, 3.8) is 0 Å². The van der Waals surface area contributed by atoms with Gasteiger partial charge in [-0.1, -0.05) is 50.7 Å². The summed E-state index contributed by atoms with van der Waals surface area (Å²) in [5.74, 6) is 0. The highest BCUT2D eigenvalue weighted by Gasteiger charge is 2.27. The van der Waals surface area contributed by atoms with Gasteiger partial charge in [0, 0.05) is 16.9 Å². The van der Waals surface area contributed by atoms with Gasteiger partial charge in [-0.05, 0) is 18.6 Å². The Kier molecular flexibility index (Phi) is 4.64. The predicted molar refractivity (Wildman–Crippen MR) is 94.5 cm³/mol. The van der Waals surface area contributed by atoms with Gasteiger partial charge in [-0.25, -0.2) is 4.98 Å². The minimum atomic E-state index is 0.0800. The maximum Gasteiger partial charge on any atom is 0.272 e. The first-order chi connectivity index (χ1) is 10.6. The van der Waals surface area contributed by atoms with Crippen LogP contribution in [0.5, 0.6) is 0 Å². The number of thioether (sulfide) groups is 2. The van der Waals surface area contributed by atoms with Gasteiger partial charge in [-0.2, -0.15) is 0 Å². The van der Waals surface area contributed by atoms with Crippen LogP contribution in [0.4, 0.5) is 0 Å². The molecule has 5 heteroatoms. The number of nitrogens with zero attached hydrogens (tertiary/aromatic N) is 2. The molecule has 1 aliphatic rings. The van der Waals surface area contributed by atoms with E-state index >= 15 is 0 Å². The van der Waals surface area contributed by atoms with E-state index in [0.29, 0.717) is 10.5 Å². The van der Waals surface area contributed by atoms with Crippen LogP contribution in [0.3, 0.4) is 0 Å². The quantitative estimate of drug-likeness (QED) is 0.622. The highest BCUT2D eigenvalue weighted by atomic mass is 32.2. The normalized spacial score (nSPS) is 18.2. The highest BCUT2D eigenvalue weighted by molar-refractivity contribution is 8.00. The number of aromatic nitrogens is 2. The van der Waals surface area contributed by atoms with Gasteiger partial charge in [0.2, 0.25) is 0 Å². The summed E-state index contributed by atoms with van der Waals surface area (Å²) in [4.78, 5) is 18.6. The van der Waals surface area contributed by atoms with Crippen LogP contribution < -0.4 is 5.56 Å². The molecule has 0 unspecified atom stereocenters. The van der Waals surface area contributed by atoms with Gasteiger partial charge in [-0.3, -0.25) is 9.36 Å². The molecule has 0 aliphatic carbocycles. The number of rotatable bonds is 4. The van der Waals surface area contributed by atoms with E-state index in [1.807, 2.05) is 30.3 Å². The highest BCUT2D eigenvalue weighted by Crippen LogP contribution is 2.35. The van der Waals surface area contributed by atoms with Crippen molar-refractivity contribution in [1.29, 1.82) is 0 Å². The standard InChI is InChI=1S/C17H20N2OS2/c1-4-11(2)22-17-18-14-10-12(3)21-15(14)16(20)19(17)13-8-6-5-7-9-13/h5-9,11-12H,4,10H2,1-3H3/t11-,12+/m1/s1. The summed E-state index contributed by atoms with van der Waals surface area (Å²) in [5, 5.41) is 1.69. The molecule has 0 spiro atoms. The monoisotopic (exact) mass is 332 g/mol. The molecule has 0 saturated carbocycles. The largest absolute Gasteiger partial charge is 0.272 e. The molecule has 2 atom stereocenters. The Balaban J connectivity index is 2.18. The van der Waals surface area contributed by atoms with Gasteiger partial charge < -0.3 is 0 Å². The van der Waals surface area contributed by atoms with Crippen molar-refractivity contribution < 1.29 is 0 Å². The second kappa shape index (κ2) is 6.50. The van der Waals surface area contributed by atoms with Crippen LogP contribution in [0.1, 0.15) is 32.9 Å². The summed E-state index contributed by atoms with van der Waals surface area (Å²) in [6.07, 6.45) is 1.94. The molecule has 2 aromatic rings. The molecule has 116 valence electrons. The molecule has 1 aromatic carbocycles. The zero-order valence-electron chi connectivity index (χ0n) is 13.1. The van der Waals surface area contributed by atoms with Crippen LogP contribution in [-0.2, 0) is 6.42 Å². The Labute approximate surface area is 139 Å². The minimum absolute atomic E-state index is 0.0800. The van der Waals surface area contributed by atoms with Crippen molar-refractivity contribution in [2.24, 2.45) is 0 Å². The van der Waals surface area contributed by atoms with Crippen molar-refractivity contribution in [2.45, 2.75) is 54.2 Å². The van der Waals surface area contributed by atoms with Gasteiger partial charge in [-0.15, -0.1) is 11.8 Å². The molecule has 1 aromatic heterocycles. The summed E-state index contributed by atoms with van der Waals surface area (Å²) >= 11 is 3.34. The molecule has 0 amide bonds. The molecule has 2 heterocycles. The van der Waals surface area contributed by atoms with E-state index in [4.69, 9.17) is 4.98 Å². The molecule has 3 rings (SSSR count). The number of fused-ring (bicyclic) bond motifs is 1. The number of para-hydroxylation sites is 1. The molecule has 1 aliphatic heterocycles. The predicted octanol–water partition coefficient (Wildman–Crippen LogP) is 4.16. The Morgan fingerprint density at radius 3 is 2.82 bits per heavy atom. The molecule has 0 radical (unpaired) electrons. The average Bonchev–Trinajstić information content (AvgIpc) is 2.89. The van der Waals surface area contributed by atoms with E-state index in [1.165, 1.54) is 0 Å². The topological polar surface area (TPSA) is 34.9 Å². The molecule has 3 nitrogen and oxygen atoms in total. The third-order valence-electron chi connectivity index (χ3n) is 3.78. The molecule has 0 saturated heterocycles. The van der Waals surface area contributed by atoms with Gasteiger partial charge in [0.15, 0.2) is 5.16 Å². The number of benzene rings is 1. The lowest BCUT2D eigenvalue weighted by Crippen LogP contribution is -2.24. The van der Waals surface area contributed by atoms with Crippen molar-refractivity contribution in [3.8, 4) is 5.69 Å². The fourth-order valence-electron chi connectivity index (χ4n) is 2.45. The average molecular weight is 332 g/mol. The van der Waals surface area contributed by atoms with E-state index in [2.05, 4.69) is 20.8 Å². The van der Waals surface area contributed by atoms with Crippen molar-refractivity contribution in [2.75, 3.05) is 0 Å². The van der Waals surface area contributed by atoms with Crippen LogP contribution in [-0.4, -0.2) is 20.1 Å². The van der Waals surface area contributed by atoms with E-state index in [1.54, 1.807) is 28.1 Å². The fourth-order valence-corrected chi connectivity index (χ4v) is 4.53. The summed E-state index contributed by atoms with van der Waals surface area (Å²) in [6, 6.07) is 9.83. The summed E-state index contributed by atoms with van der Waals surface area (Å²) in [5.41, 5.74) is 1.95. The van der Waals surface area contributed by atoms with Crippen LogP contribution in [0.2, 0.25) is 0 Å². The van der Waals surface area contributed by atoms with Crippen LogP contribution in [0.25, 0.3) is 5.69 Å². The lowest BCUT2D eigenvalue weighted by atomic mass is 10.2. The summed E-state index contributed by atoms with van der Waals surface area (Å²) in [6.45, 7) is 6.49. The zero-order valence-corrected chi connectivity index (χ0v) is 14.7. The molecule has 0 bridgehead atoms. The van der Waals surface area contributed by atoms with E-state index in [-0.39, 0.29) is 5.56 Å². The van der Waals surface area contributed by atoms with Gasteiger partial charge >= 0.3 is 0 Å². The second-order valence-corrected chi connectivity index (χ2v) is 8.47. The first-order valence-corrected chi connectivity index (χ1v) is 9.40. The molecular formula is C17H20N2OS2. The Bertz CT molecular complexity index is 727. The summed E-state index contributed by atoms with van der Waals surface area (Å²) in [7, 11) is 0. The SMILES string of the molecule is CC[C@@H](C)Sc1nc2c(c(=O)n1-c1ccccc1)S[C@@H](C)C2. The molecular weight excluding hydrogens is 312 g/mol. The van der Waals surface area contributed by atoms with Crippen LogP contribution in [0.15, 0.2) is 45.2 Å². The van der Waals surface area contributed by atoms with Gasteiger partial charge in [0.05, 0.1) is 16.3 Å². The van der Waals surface area contributed by atoms with Gasteiger partial charge in [0.25, 0.3) is 5.56 Å². The van der Waals surface area contributed by atoms with Crippen molar-refractivity contribution in [1.82, 2.24) is 9.55 Å². The van der Waals surface area contributed by atoms with Crippen LogP contribution in [0, 0.1) is 0 Å². The van der Waals surface area contributed by atoms with Gasteiger partial charge in [0.1, 0.15) is 0 Å². The van der Waals surface area contributed by atoms with Crippen molar-refractivity contribution >= 4 is 23.5 Å². The lowest BCUT2D eigenvalue weighted by molar-refractivity contribution is 0.726. The first-order valence-electron chi connectivity index (χ1n) is 7.64. The number of hydrogen-bond acceptors (Lipinski definition) is 4.